The predicted octanol–water partition coefficient (Wildman–Crippen LogP) is 5.20. The largest absolute Gasteiger partial charge is 0.435 e. The lowest BCUT2D eigenvalue weighted by atomic mass is 10.0. The number of carbonyl (C=O) groups is 1. The summed E-state index contributed by atoms with van der Waals surface area (Å²) in [6, 6.07) is 22.9. The molecule has 0 atom stereocenters. The number of nitrogens with two attached hydrogens (primary N) is 1. The maximum absolute atomic E-state index is 13.4. The van der Waals surface area contributed by atoms with Crippen LogP contribution < -0.4 is 5.73 Å². The molecule has 158 valence electrons. The number of alkyl halides is 3. The van der Waals surface area contributed by atoms with Gasteiger partial charge in [0.15, 0.2) is 5.69 Å². The summed E-state index contributed by atoms with van der Waals surface area (Å²) in [4.78, 5) is 11.3. The van der Waals surface area contributed by atoms with Crippen molar-refractivity contribution >= 4 is 5.91 Å². The Bertz CT molecular complexity index is 1310. The highest BCUT2D eigenvalue weighted by Crippen LogP contribution is 2.34. The lowest BCUT2D eigenvalue weighted by molar-refractivity contribution is -0.141. The molecule has 1 amide bonds. The first-order valence-electron chi connectivity index (χ1n) is 9.45. The van der Waals surface area contributed by atoms with Crippen molar-refractivity contribution in [2.75, 3.05) is 0 Å². The van der Waals surface area contributed by atoms with Crippen LogP contribution in [-0.2, 0) is 6.18 Å². The monoisotopic (exact) mass is 432 g/mol. The predicted molar refractivity (Wildman–Crippen MR) is 113 cm³/mol. The average Bonchev–Trinajstić information content (AvgIpc) is 3.25. The summed E-state index contributed by atoms with van der Waals surface area (Å²) in [6.45, 7) is 0. The fraction of sp³-hybridized carbons (Fsp3) is 0.0417. The van der Waals surface area contributed by atoms with Gasteiger partial charge < -0.3 is 5.73 Å². The SMILES string of the molecule is N#Cc1ccc(-c2ccc(-c3cc(C(F)(F)F)nn3-c3ccc(C(N)=O)cc3)cc2)cc1. The minimum absolute atomic E-state index is 0.241. The lowest BCUT2D eigenvalue weighted by Crippen LogP contribution is -2.11. The number of nitriles is 1. The maximum Gasteiger partial charge on any atom is 0.435 e. The first kappa shape index (κ1) is 20.9. The number of benzene rings is 3. The molecule has 0 aliphatic rings. The molecular weight excluding hydrogens is 417 g/mol. The molecule has 4 rings (SSSR count). The Morgan fingerprint density at radius 3 is 1.91 bits per heavy atom. The summed E-state index contributed by atoms with van der Waals surface area (Å²) in [5.74, 6) is -0.633. The fourth-order valence-corrected chi connectivity index (χ4v) is 3.26. The summed E-state index contributed by atoms with van der Waals surface area (Å²) in [5.41, 5.74) is 7.86. The second-order valence-corrected chi connectivity index (χ2v) is 7.00. The molecule has 2 N–H and O–H groups in total. The van der Waals surface area contributed by atoms with Gasteiger partial charge in [0.1, 0.15) is 0 Å². The van der Waals surface area contributed by atoms with E-state index in [1.165, 1.54) is 28.9 Å². The third kappa shape index (κ3) is 4.09. The van der Waals surface area contributed by atoms with Gasteiger partial charge in [-0.1, -0.05) is 36.4 Å². The van der Waals surface area contributed by atoms with Crippen molar-refractivity contribution in [1.29, 1.82) is 5.26 Å². The van der Waals surface area contributed by atoms with E-state index in [0.717, 1.165) is 17.2 Å². The normalized spacial score (nSPS) is 11.2. The standard InChI is InChI=1S/C24H15F3N4O/c25-24(26,27)22-13-21(31(30-22)20-11-9-19(10-12-20)23(29)32)18-7-5-17(6-8-18)16-3-1-15(14-28)2-4-16/h1-13H,(H2,29,32). The van der Waals surface area contributed by atoms with E-state index < -0.39 is 17.8 Å². The summed E-state index contributed by atoms with van der Waals surface area (Å²) in [5, 5.41) is 12.7. The Morgan fingerprint density at radius 1 is 0.875 bits per heavy atom. The maximum atomic E-state index is 13.4. The zero-order valence-electron chi connectivity index (χ0n) is 16.5. The molecule has 5 nitrogen and oxygen atoms in total. The zero-order chi connectivity index (χ0) is 22.9. The Hall–Kier alpha value is -4.38. The summed E-state index contributed by atoms with van der Waals surface area (Å²) < 4.78 is 41.3. The van der Waals surface area contributed by atoms with Crippen LogP contribution in [0.4, 0.5) is 13.2 Å². The second-order valence-electron chi connectivity index (χ2n) is 7.00. The molecule has 0 spiro atoms. The fourth-order valence-electron chi connectivity index (χ4n) is 3.26. The third-order valence-electron chi connectivity index (χ3n) is 4.92. The van der Waals surface area contributed by atoms with Crippen LogP contribution in [0.25, 0.3) is 28.1 Å². The van der Waals surface area contributed by atoms with E-state index in [-0.39, 0.29) is 11.3 Å². The van der Waals surface area contributed by atoms with E-state index in [2.05, 4.69) is 11.2 Å². The van der Waals surface area contributed by atoms with Crippen LogP contribution in [-0.4, -0.2) is 15.7 Å². The van der Waals surface area contributed by atoms with Gasteiger partial charge in [0, 0.05) is 11.1 Å². The summed E-state index contributed by atoms with van der Waals surface area (Å²) in [7, 11) is 0. The summed E-state index contributed by atoms with van der Waals surface area (Å²) >= 11 is 0. The number of rotatable bonds is 4. The van der Waals surface area contributed by atoms with Crippen molar-refractivity contribution < 1.29 is 18.0 Å². The second kappa shape index (κ2) is 8.04. The smallest absolute Gasteiger partial charge is 0.366 e. The van der Waals surface area contributed by atoms with Crippen molar-refractivity contribution in [2.45, 2.75) is 6.18 Å². The van der Waals surface area contributed by atoms with Crippen LogP contribution in [0.15, 0.2) is 78.9 Å². The van der Waals surface area contributed by atoms with E-state index >= 15 is 0 Å². The molecule has 8 heteroatoms. The molecule has 0 saturated carbocycles. The molecule has 1 aromatic heterocycles. The number of hydrogen-bond donors (Lipinski definition) is 1. The Balaban J connectivity index is 1.75. The van der Waals surface area contributed by atoms with Gasteiger partial charge in [-0.05, 0) is 53.6 Å². The van der Waals surface area contributed by atoms with E-state index in [4.69, 9.17) is 11.0 Å². The quantitative estimate of drug-likeness (QED) is 0.481. The highest BCUT2D eigenvalue weighted by atomic mass is 19.4. The number of hydrogen-bond acceptors (Lipinski definition) is 3. The minimum Gasteiger partial charge on any atom is -0.366 e. The minimum atomic E-state index is -4.62. The van der Waals surface area contributed by atoms with Crippen LogP contribution in [0.3, 0.4) is 0 Å². The molecule has 0 unspecified atom stereocenters. The summed E-state index contributed by atoms with van der Waals surface area (Å²) in [6.07, 6.45) is -4.62. The van der Waals surface area contributed by atoms with Crippen molar-refractivity contribution in [1.82, 2.24) is 9.78 Å². The molecule has 1 heterocycles. The molecule has 0 aliphatic carbocycles. The zero-order valence-corrected chi connectivity index (χ0v) is 16.5. The van der Waals surface area contributed by atoms with E-state index in [0.29, 0.717) is 16.8 Å². The van der Waals surface area contributed by atoms with Crippen LogP contribution in [0.1, 0.15) is 21.6 Å². The molecule has 3 aromatic carbocycles. The number of amides is 1. The molecule has 0 bridgehead atoms. The van der Waals surface area contributed by atoms with Crippen LogP contribution in [0.2, 0.25) is 0 Å². The van der Waals surface area contributed by atoms with Crippen LogP contribution in [0, 0.1) is 11.3 Å². The topological polar surface area (TPSA) is 84.7 Å². The molecule has 0 fully saturated rings. The Morgan fingerprint density at radius 2 is 1.41 bits per heavy atom. The van der Waals surface area contributed by atoms with E-state index in [1.54, 1.807) is 48.5 Å². The highest BCUT2D eigenvalue weighted by Gasteiger charge is 2.35. The van der Waals surface area contributed by atoms with Crippen molar-refractivity contribution in [3.63, 3.8) is 0 Å². The van der Waals surface area contributed by atoms with Gasteiger partial charge in [0.2, 0.25) is 5.91 Å². The van der Waals surface area contributed by atoms with Gasteiger partial charge in [0.25, 0.3) is 0 Å². The number of carbonyl (C=O) groups excluding carboxylic acids is 1. The first-order chi connectivity index (χ1) is 15.3. The third-order valence-corrected chi connectivity index (χ3v) is 4.92. The first-order valence-corrected chi connectivity index (χ1v) is 9.45. The van der Waals surface area contributed by atoms with Crippen LogP contribution in [0.5, 0.6) is 0 Å². The van der Waals surface area contributed by atoms with Gasteiger partial charge in [-0.25, -0.2) is 4.68 Å². The van der Waals surface area contributed by atoms with E-state index in [9.17, 15) is 18.0 Å². The molecule has 0 aliphatic heterocycles. The van der Waals surface area contributed by atoms with Gasteiger partial charge in [-0.3, -0.25) is 4.79 Å². The molecular formula is C24H15F3N4O. The Labute approximate surface area is 181 Å². The van der Waals surface area contributed by atoms with E-state index in [1.807, 2.05) is 0 Å². The molecule has 0 radical (unpaired) electrons. The highest BCUT2D eigenvalue weighted by molar-refractivity contribution is 5.92. The number of aromatic nitrogens is 2. The molecule has 0 saturated heterocycles. The van der Waals surface area contributed by atoms with Crippen LogP contribution >= 0.6 is 0 Å². The average molecular weight is 432 g/mol. The number of halogens is 3. The van der Waals surface area contributed by atoms with Crippen molar-refractivity contribution in [2.24, 2.45) is 5.73 Å². The number of primary amides is 1. The van der Waals surface area contributed by atoms with Gasteiger partial charge in [-0.15, -0.1) is 0 Å². The molecule has 32 heavy (non-hydrogen) atoms. The molecule has 4 aromatic rings. The van der Waals surface area contributed by atoms with Gasteiger partial charge in [-0.2, -0.15) is 23.5 Å². The Kier molecular flexibility index (Phi) is 5.24. The van der Waals surface area contributed by atoms with Gasteiger partial charge >= 0.3 is 6.18 Å². The van der Waals surface area contributed by atoms with Gasteiger partial charge in [0.05, 0.1) is 23.0 Å². The number of nitrogens with zero attached hydrogens (tertiary/aromatic N) is 3. The van der Waals surface area contributed by atoms with Crippen molar-refractivity contribution in [3.05, 3.63) is 95.7 Å². The van der Waals surface area contributed by atoms with Crippen molar-refractivity contribution in [3.8, 4) is 34.1 Å². The lowest BCUT2D eigenvalue weighted by Gasteiger charge is -2.09.